The molecule has 0 bridgehead atoms. The largest absolute Gasteiger partial charge is 0.398 e. The van der Waals surface area contributed by atoms with Gasteiger partial charge in [0.1, 0.15) is 0 Å². The molecular weight excluding hydrogens is 264 g/mol. The van der Waals surface area contributed by atoms with Crippen LogP contribution in [0.1, 0.15) is 24.0 Å². The van der Waals surface area contributed by atoms with Gasteiger partial charge in [0, 0.05) is 18.3 Å². The van der Waals surface area contributed by atoms with Gasteiger partial charge < -0.3 is 10.8 Å². The van der Waals surface area contributed by atoms with Crippen LogP contribution in [0.25, 0.3) is 0 Å². The van der Waals surface area contributed by atoms with Gasteiger partial charge in [0.05, 0.1) is 11.5 Å². The first-order valence-electron chi connectivity index (χ1n) is 6.38. The van der Waals surface area contributed by atoms with Crippen molar-refractivity contribution in [3.63, 3.8) is 0 Å². The third kappa shape index (κ3) is 2.35. The number of aliphatic hydroxyl groups is 1. The van der Waals surface area contributed by atoms with Gasteiger partial charge in [0.25, 0.3) is 0 Å². The Hall–Kier alpha value is -1.11. The smallest absolute Gasteiger partial charge is 0.244 e. The van der Waals surface area contributed by atoms with Gasteiger partial charge in [-0.05, 0) is 43.9 Å². The molecule has 0 unspecified atom stereocenters. The molecule has 1 aliphatic rings. The molecule has 0 spiro atoms. The van der Waals surface area contributed by atoms with Gasteiger partial charge in [0.15, 0.2) is 0 Å². The maximum Gasteiger partial charge on any atom is 0.244 e. The van der Waals surface area contributed by atoms with Gasteiger partial charge >= 0.3 is 0 Å². The summed E-state index contributed by atoms with van der Waals surface area (Å²) < 4.78 is 26.9. The third-order valence-electron chi connectivity index (χ3n) is 3.75. The number of anilines is 1. The standard InChI is InChI=1S/C13H20N2O3S/c1-9-5-6-12(14)10(2)13(9)19(17,18)15-7-3-4-11(15)8-16/h5-6,11,16H,3-4,7-8,14H2,1-2H3/t11-/m0/s1. The number of benzene rings is 1. The summed E-state index contributed by atoms with van der Waals surface area (Å²) >= 11 is 0. The molecule has 0 aromatic heterocycles. The zero-order valence-electron chi connectivity index (χ0n) is 11.3. The second kappa shape index (κ2) is 5.11. The summed E-state index contributed by atoms with van der Waals surface area (Å²) in [6.45, 7) is 3.81. The van der Waals surface area contributed by atoms with Crippen molar-refractivity contribution in [1.82, 2.24) is 4.31 Å². The summed E-state index contributed by atoms with van der Waals surface area (Å²) in [6, 6.07) is 3.13. The molecule has 19 heavy (non-hydrogen) atoms. The van der Waals surface area contributed by atoms with Crippen LogP contribution in [0, 0.1) is 13.8 Å². The van der Waals surface area contributed by atoms with Crippen LogP contribution in [0.15, 0.2) is 17.0 Å². The molecule has 5 nitrogen and oxygen atoms in total. The average Bonchev–Trinajstić information content (AvgIpc) is 2.83. The molecule has 6 heteroatoms. The molecule has 1 heterocycles. The summed E-state index contributed by atoms with van der Waals surface area (Å²) in [6.07, 6.45) is 1.49. The minimum atomic E-state index is -3.59. The molecule has 3 N–H and O–H groups in total. The van der Waals surface area contributed by atoms with E-state index < -0.39 is 10.0 Å². The average molecular weight is 284 g/mol. The highest BCUT2D eigenvalue weighted by atomic mass is 32.2. The molecular formula is C13H20N2O3S. The number of rotatable bonds is 3. The van der Waals surface area contributed by atoms with E-state index in [0.717, 1.165) is 6.42 Å². The molecule has 1 atom stereocenters. The molecule has 1 aromatic rings. The maximum absolute atomic E-state index is 12.8. The minimum absolute atomic E-state index is 0.139. The SMILES string of the molecule is Cc1ccc(N)c(C)c1S(=O)(=O)N1CCC[C@H]1CO. The number of sulfonamides is 1. The Morgan fingerprint density at radius 1 is 1.42 bits per heavy atom. The third-order valence-corrected chi connectivity index (χ3v) is 5.99. The Balaban J connectivity index is 2.54. The van der Waals surface area contributed by atoms with Gasteiger partial charge in [-0.2, -0.15) is 4.31 Å². The van der Waals surface area contributed by atoms with Crippen molar-refractivity contribution >= 4 is 15.7 Å². The first kappa shape index (κ1) is 14.3. The van der Waals surface area contributed by atoms with E-state index in [4.69, 9.17) is 5.73 Å². The number of nitrogens with two attached hydrogens (primary N) is 1. The van der Waals surface area contributed by atoms with E-state index in [1.807, 2.05) is 0 Å². The van der Waals surface area contributed by atoms with E-state index in [1.54, 1.807) is 26.0 Å². The summed E-state index contributed by atoms with van der Waals surface area (Å²) in [7, 11) is -3.59. The first-order chi connectivity index (χ1) is 8.89. The van der Waals surface area contributed by atoms with E-state index >= 15 is 0 Å². The van der Waals surface area contributed by atoms with Crippen molar-refractivity contribution in [2.75, 3.05) is 18.9 Å². The fourth-order valence-electron chi connectivity index (χ4n) is 2.66. The maximum atomic E-state index is 12.8. The van der Waals surface area contributed by atoms with Gasteiger partial charge in [-0.1, -0.05) is 6.07 Å². The zero-order chi connectivity index (χ0) is 14.2. The fourth-order valence-corrected chi connectivity index (χ4v) is 4.81. The van der Waals surface area contributed by atoms with Crippen molar-refractivity contribution in [2.45, 2.75) is 37.6 Å². The van der Waals surface area contributed by atoms with Gasteiger partial charge in [-0.3, -0.25) is 0 Å². The molecule has 1 saturated heterocycles. The summed E-state index contributed by atoms with van der Waals surface area (Å²) in [5.41, 5.74) is 7.57. The van der Waals surface area contributed by atoms with Gasteiger partial charge in [-0.15, -0.1) is 0 Å². The second-order valence-corrected chi connectivity index (χ2v) is 6.85. The van der Waals surface area contributed by atoms with Gasteiger partial charge in [0.2, 0.25) is 10.0 Å². The summed E-state index contributed by atoms with van der Waals surface area (Å²) in [5.74, 6) is 0. The quantitative estimate of drug-likeness (QED) is 0.812. The Bertz CT molecular complexity index is 584. The molecule has 0 saturated carbocycles. The summed E-state index contributed by atoms with van der Waals surface area (Å²) in [4.78, 5) is 0.285. The number of hydrogen-bond donors (Lipinski definition) is 2. The monoisotopic (exact) mass is 284 g/mol. The van der Waals surface area contributed by atoms with Crippen molar-refractivity contribution < 1.29 is 13.5 Å². The molecule has 0 radical (unpaired) electrons. The zero-order valence-corrected chi connectivity index (χ0v) is 12.1. The topological polar surface area (TPSA) is 83.6 Å². The Kier molecular flexibility index (Phi) is 3.85. The molecule has 0 amide bonds. The summed E-state index contributed by atoms with van der Waals surface area (Å²) in [5, 5.41) is 9.31. The van der Waals surface area contributed by atoms with E-state index in [1.165, 1.54) is 4.31 Å². The van der Waals surface area contributed by atoms with Crippen LogP contribution < -0.4 is 5.73 Å². The van der Waals surface area contributed by atoms with Crippen molar-refractivity contribution in [3.05, 3.63) is 23.3 Å². The lowest BCUT2D eigenvalue weighted by atomic mass is 10.1. The lowest BCUT2D eigenvalue weighted by Gasteiger charge is -2.24. The van der Waals surface area contributed by atoms with Crippen LogP contribution in [0.2, 0.25) is 0 Å². The van der Waals surface area contributed by atoms with E-state index in [-0.39, 0.29) is 17.5 Å². The predicted molar refractivity (Wildman–Crippen MR) is 74.3 cm³/mol. The highest BCUT2D eigenvalue weighted by molar-refractivity contribution is 7.89. The van der Waals surface area contributed by atoms with Crippen molar-refractivity contribution in [3.8, 4) is 0 Å². The molecule has 106 valence electrons. The van der Waals surface area contributed by atoms with Gasteiger partial charge in [-0.25, -0.2) is 8.42 Å². The fraction of sp³-hybridized carbons (Fsp3) is 0.538. The highest BCUT2D eigenvalue weighted by Gasteiger charge is 2.36. The minimum Gasteiger partial charge on any atom is -0.398 e. The lowest BCUT2D eigenvalue weighted by molar-refractivity contribution is 0.213. The molecule has 1 aromatic carbocycles. The molecule has 0 aliphatic carbocycles. The van der Waals surface area contributed by atoms with Crippen molar-refractivity contribution in [2.24, 2.45) is 0 Å². The number of aliphatic hydroxyl groups excluding tert-OH is 1. The van der Waals surface area contributed by atoms with Crippen LogP contribution in [-0.2, 0) is 10.0 Å². The van der Waals surface area contributed by atoms with E-state index in [0.29, 0.717) is 29.8 Å². The van der Waals surface area contributed by atoms with E-state index in [2.05, 4.69) is 0 Å². The van der Waals surface area contributed by atoms with Crippen LogP contribution in [0.5, 0.6) is 0 Å². The number of nitrogens with zero attached hydrogens (tertiary/aromatic N) is 1. The van der Waals surface area contributed by atoms with Crippen LogP contribution in [0.3, 0.4) is 0 Å². The van der Waals surface area contributed by atoms with E-state index in [9.17, 15) is 13.5 Å². The molecule has 1 aliphatic heterocycles. The highest BCUT2D eigenvalue weighted by Crippen LogP contribution is 2.31. The molecule has 1 fully saturated rings. The second-order valence-electron chi connectivity index (χ2n) is 5.02. The van der Waals surface area contributed by atoms with Crippen LogP contribution >= 0.6 is 0 Å². The van der Waals surface area contributed by atoms with Crippen molar-refractivity contribution in [1.29, 1.82) is 0 Å². The van der Waals surface area contributed by atoms with Crippen LogP contribution in [-0.4, -0.2) is 37.0 Å². The predicted octanol–water partition coefficient (Wildman–Crippen LogP) is 1.03. The normalized spacial score (nSPS) is 20.9. The Morgan fingerprint density at radius 2 is 2.11 bits per heavy atom. The van der Waals surface area contributed by atoms with Crippen LogP contribution in [0.4, 0.5) is 5.69 Å². The number of nitrogen functional groups attached to an aromatic ring is 1. The number of aryl methyl sites for hydroxylation is 1. The Morgan fingerprint density at radius 3 is 2.74 bits per heavy atom. The lowest BCUT2D eigenvalue weighted by Crippen LogP contribution is -2.38. The molecule has 2 rings (SSSR count). The Labute approximate surface area is 114 Å². The first-order valence-corrected chi connectivity index (χ1v) is 7.82. The number of hydrogen-bond acceptors (Lipinski definition) is 4.